The highest BCUT2D eigenvalue weighted by atomic mass is 16.7. The average molecular weight is 408 g/mol. The molecule has 1 aliphatic heterocycles. The standard InChI is InChI=1S/C22H32O7/c1-16(23)27-15-21-13-20(28-17(2)24)14-22(29-21)26-12-6-4-5-7-18-8-10-19(25-3)11-9-18/h8-11,20-22H,4-7,12-15H2,1-3H3/t20-,21-,22+/m0/s1. The first-order chi connectivity index (χ1) is 14.0. The van der Waals surface area contributed by atoms with Crippen LogP contribution in [0.1, 0.15) is 51.5 Å². The molecule has 1 aromatic carbocycles. The summed E-state index contributed by atoms with van der Waals surface area (Å²) in [5.74, 6) is 0.173. The highest BCUT2D eigenvalue weighted by Gasteiger charge is 2.32. The number of esters is 2. The van der Waals surface area contributed by atoms with Gasteiger partial charge in [0.05, 0.1) is 13.2 Å². The molecule has 1 fully saturated rings. The van der Waals surface area contributed by atoms with Crippen molar-refractivity contribution in [3.8, 4) is 5.75 Å². The van der Waals surface area contributed by atoms with E-state index in [9.17, 15) is 9.59 Å². The van der Waals surface area contributed by atoms with Crippen LogP contribution in [-0.2, 0) is 35.0 Å². The van der Waals surface area contributed by atoms with E-state index in [1.807, 2.05) is 12.1 Å². The maximum atomic E-state index is 11.3. The molecule has 0 N–H and O–H groups in total. The summed E-state index contributed by atoms with van der Waals surface area (Å²) in [4.78, 5) is 22.3. The monoisotopic (exact) mass is 408 g/mol. The van der Waals surface area contributed by atoms with Crippen molar-refractivity contribution in [3.05, 3.63) is 29.8 Å². The first-order valence-corrected chi connectivity index (χ1v) is 10.2. The van der Waals surface area contributed by atoms with Gasteiger partial charge in [0.15, 0.2) is 6.29 Å². The van der Waals surface area contributed by atoms with E-state index < -0.39 is 6.29 Å². The number of aryl methyl sites for hydroxylation is 1. The number of carbonyl (C=O) groups is 2. The van der Waals surface area contributed by atoms with Crippen LogP contribution in [0.3, 0.4) is 0 Å². The molecule has 0 unspecified atom stereocenters. The van der Waals surface area contributed by atoms with Gasteiger partial charge in [0.1, 0.15) is 18.5 Å². The van der Waals surface area contributed by atoms with Gasteiger partial charge in [-0.3, -0.25) is 9.59 Å². The van der Waals surface area contributed by atoms with Crippen molar-refractivity contribution in [2.24, 2.45) is 0 Å². The molecule has 7 nitrogen and oxygen atoms in total. The fraction of sp³-hybridized carbons (Fsp3) is 0.636. The summed E-state index contributed by atoms with van der Waals surface area (Å²) in [6, 6.07) is 8.13. The smallest absolute Gasteiger partial charge is 0.302 e. The molecular formula is C22H32O7. The quantitative estimate of drug-likeness (QED) is 0.410. The SMILES string of the molecule is COc1ccc(CCCCCO[C@H]2C[C@@H](OC(C)=O)C[C@@H](COC(C)=O)O2)cc1. The molecule has 1 heterocycles. The summed E-state index contributed by atoms with van der Waals surface area (Å²) in [6.07, 6.45) is 3.95. The van der Waals surface area contributed by atoms with Gasteiger partial charge in [0.2, 0.25) is 0 Å². The minimum atomic E-state index is -0.463. The van der Waals surface area contributed by atoms with Crippen molar-refractivity contribution in [2.75, 3.05) is 20.3 Å². The molecule has 7 heteroatoms. The van der Waals surface area contributed by atoms with E-state index in [0.717, 1.165) is 31.4 Å². The molecule has 0 radical (unpaired) electrons. The minimum Gasteiger partial charge on any atom is -0.497 e. The predicted molar refractivity (Wildman–Crippen MR) is 107 cm³/mol. The molecule has 0 aliphatic carbocycles. The summed E-state index contributed by atoms with van der Waals surface area (Å²) >= 11 is 0. The van der Waals surface area contributed by atoms with Crippen LogP contribution in [0.15, 0.2) is 24.3 Å². The molecule has 0 amide bonds. The maximum absolute atomic E-state index is 11.3. The van der Waals surface area contributed by atoms with E-state index in [-0.39, 0.29) is 30.8 Å². The molecule has 1 saturated heterocycles. The Hall–Kier alpha value is -2.12. The van der Waals surface area contributed by atoms with E-state index in [4.69, 9.17) is 23.7 Å². The summed E-state index contributed by atoms with van der Waals surface area (Å²) in [7, 11) is 1.66. The van der Waals surface area contributed by atoms with Gasteiger partial charge in [-0.25, -0.2) is 0 Å². The van der Waals surface area contributed by atoms with E-state index in [1.54, 1.807) is 7.11 Å². The molecule has 29 heavy (non-hydrogen) atoms. The molecule has 162 valence electrons. The first-order valence-electron chi connectivity index (χ1n) is 10.2. The average Bonchev–Trinajstić information content (AvgIpc) is 2.69. The number of hydrogen-bond acceptors (Lipinski definition) is 7. The summed E-state index contributed by atoms with van der Waals surface area (Å²) < 4.78 is 27.2. The highest BCUT2D eigenvalue weighted by molar-refractivity contribution is 5.66. The van der Waals surface area contributed by atoms with E-state index >= 15 is 0 Å². The Kier molecular flexibility index (Phi) is 9.94. The lowest BCUT2D eigenvalue weighted by atomic mass is 10.1. The third-order valence-electron chi connectivity index (χ3n) is 4.70. The molecule has 1 aliphatic rings. The minimum absolute atomic E-state index is 0.134. The van der Waals surface area contributed by atoms with Crippen LogP contribution in [0.5, 0.6) is 5.75 Å². The number of rotatable bonds is 11. The Morgan fingerprint density at radius 2 is 1.79 bits per heavy atom. The van der Waals surface area contributed by atoms with Crippen LogP contribution in [0.25, 0.3) is 0 Å². The lowest BCUT2D eigenvalue weighted by Gasteiger charge is -2.34. The second kappa shape index (κ2) is 12.4. The Bertz CT molecular complexity index is 629. The molecule has 0 saturated carbocycles. The van der Waals surface area contributed by atoms with Gasteiger partial charge < -0.3 is 23.7 Å². The molecule has 2 rings (SSSR count). The molecule has 1 aromatic rings. The molecular weight excluding hydrogens is 376 g/mol. The van der Waals surface area contributed by atoms with Crippen molar-refractivity contribution >= 4 is 11.9 Å². The number of unbranched alkanes of at least 4 members (excludes halogenated alkanes) is 2. The van der Waals surface area contributed by atoms with Gasteiger partial charge in [-0.05, 0) is 37.0 Å². The summed E-state index contributed by atoms with van der Waals surface area (Å²) in [6.45, 7) is 3.44. The lowest BCUT2D eigenvalue weighted by Crippen LogP contribution is -2.41. The lowest BCUT2D eigenvalue weighted by molar-refractivity contribution is -0.229. The molecule has 0 spiro atoms. The van der Waals surface area contributed by atoms with E-state index in [0.29, 0.717) is 19.4 Å². The largest absolute Gasteiger partial charge is 0.497 e. The van der Waals surface area contributed by atoms with Crippen LogP contribution >= 0.6 is 0 Å². The second-order valence-corrected chi connectivity index (χ2v) is 7.22. The van der Waals surface area contributed by atoms with Crippen LogP contribution < -0.4 is 4.74 Å². The van der Waals surface area contributed by atoms with Crippen molar-refractivity contribution < 1.29 is 33.3 Å². The van der Waals surface area contributed by atoms with Crippen molar-refractivity contribution in [3.63, 3.8) is 0 Å². The van der Waals surface area contributed by atoms with Gasteiger partial charge >= 0.3 is 11.9 Å². The van der Waals surface area contributed by atoms with E-state index in [2.05, 4.69) is 12.1 Å². The number of hydrogen-bond donors (Lipinski definition) is 0. The topological polar surface area (TPSA) is 80.3 Å². The van der Waals surface area contributed by atoms with Crippen LogP contribution in [0.4, 0.5) is 0 Å². The highest BCUT2D eigenvalue weighted by Crippen LogP contribution is 2.24. The Morgan fingerprint density at radius 1 is 1.03 bits per heavy atom. The Balaban J connectivity index is 1.67. The Morgan fingerprint density at radius 3 is 2.45 bits per heavy atom. The van der Waals surface area contributed by atoms with E-state index in [1.165, 1.54) is 19.4 Å². The third-order valence-corrected chi connectivity index (χ3v) is 4.70. The second-order valence-electron chi connectivity index (χ2n) is 7.22. The predicted octanol–water partition coefficient (Wildman–Crippen LogP) is 3.42. The zero-order chi connectivity index (χ0) is 21.1. The zero-order valence-corrected chi connectivity index (χ0v) is 17.6. The molecule has 3 atom stereocenters. The molecule has 0 bridgehead atoms. The van der Waals surface area contributed by atoms with Gasteiger partial charge in [-0.2, -0.15) is 0 Å². The van der Waals surface area contributed by atoms with Crippen LogP contribution in [0.2, 0.25) is 0 Å². The van der Waals surface area contributed by atoms with Crippen molar-refractivity contribution in [1.29, 1.82) is 0 Å². The van der Waals surface area contributed by atoms with Crippen molar-refractivity contribution in [2.45, 2.75) is 70.9 Å². The normalized spacial score (nSPS) is 21.4. The van der Waals surface area contributed by atoms with Gasteiger partial charge in [0, 0.05) is 33.3 Å². The summed E-state index contributed by atoms with van der Waals surface area (Å²) in [5.41, 5.74) is 1.29. The Labute approximate surface area is 172 Å². The first kappa shape index (κ1) is 23.2. The summed E-state index contributed by atoms with van der Waals surface area (Å²) in [5, 5.41) is 0. The van der Waals surface area contributed by atoms with Gasteiger partial charge in [0.25, 0.3) is 0 Å². The fourth-order valence-corrected chi connectivity index (χ4v) is 3.30. The van der Waals surface area contributed by atoms with Crippen LogP contribution in [0, 0.1) is 0 Å². The number of benzene rings is 1. The number of ether oxygens (including phenoxy) is 5. The molecule has 0 aromatic heterocycles. The van der Waals surface area contributed by atoms with Crippen molar-refractivity contribution in [1.82, 2.24) is 0 Å². The third kappa shape index (κ3) is 9.28. The number of carbonyl (C=O) groups excluding carboxylic acids is 2. The number of methoxy groups -OCH3 is 1. The van der Waals surface area contributed by atoms with Gasteiger partial charge in [-0.1, -0.05) is 18.6 Å². The maximum Gasteiger partial charge on any atom is 0.302 e. The van der Waals surface area contributed by atoms with Gasteiger partial charge in [-0.15, -0.1) is 0 Å². The van der Waals surface area contributed by atoms with Crippen LogP contribution in [-0.4, -0.2) is 50.8 Å². The zero-order valence-electron chi connectivity index (χ0n) is 17.6. The fourth-order valence-electron chi connectivity index (χ4n) is 3.30.